The highest BCUT2D eigenvalue weighted by Crippen LogP contribution is 2.18. The molecule has 0 amide bonds. The SMILES string of the molecule is O=C(O)c1cccc(F)c1-n1ccnc1. The summed E-state index contributed by atoms with van der Waals surface area (Å²) in [7, 11) is 0. The lowest BCUT2D eigenvalue weighted by molar-refractivity contribution is 0.0696. The molecule has 0 aliphatic carbocycles. The van der Waals surface area contributed by atoms with Gasteiger partial charge in [0, 0.05) is 12.4 Å². The van der Waals surface area contributed by atoms with E-state index in [9.17, 15) is 9.18 Å². The summed E-state index contributed by atoms with van der Waals surface area (Å²) in [5.74, 6) is -1.76. The molecule has 15 heavy (non-hydrogen) atoms. The van der Waals surface area contributed by atoms with Crippen LogP contribution >= 0.6 is 0 Å². The van der Waals surface area contributed by atoms with Crippen molar-refractivity contribution in [2.75, 3.05) is 0 Å². The number of imidazole rings is 1. The summed E-state index contributed by atoms with van der Waals surface area (Å²) in [5, 5.41) is 8.89. The number of hydrogen-bond acceptors (Lipinski definition) is 2. The van der Waals surface area contributed by atoms with Crippen LogP contribution in [0.4, 0.5) is 4.39 Å². The average molecular weight is 206 g/mol. The molecular weight excluding hydrogens is 199 g/mol. The van der Waals surface area contributed by atoms with Gasteiger partial charge in [-0.05, 0) is 12.1 Å². The lowest BCUT2D eigenvalue weighted by atomic mass is 10.1. The molecular formula is C10H7FN2O2. The first-order chi connectivity index (χ1) is 7.20. The molecule has 0 saturated heterocycles. The van der Waals surface area contributed by atoms with Gasteiger partial charge in [0.2, 0.25) is 0 Å². The smallest absolute Gasteiger partial charge is 0.337 e. The number of carboxylic acids is 1. The number of rotatable bonds is 2. The van der Waals surface area contributed by atoms with Gasteiger partial charge in [-0.2, -0.15) is 0 Å². The lowest BCUT2D eigenvalue weighted by Gasteiger charge is -2.07. The van der Waals surface area contributed by atoms with Crippen molar-refractivity contribution in [3.63, 3.8) is 0 Å². The Morgan fingerprint density at radius 1 is 1.47 bits per heavy atom. The molecule has 0 bridgehead atoms. The fraction of sp³-hybridized carbons (Fsp3) is 0. The highest BCUT2D eigenvalue weighted by molar-refractivity contribution is 5.92. The van der Waals surface area contributed by atoms with Gasteiger partial charge in [-0.15, -0.1) is 0 Å². The van der Waals surface area contributed by atoms with Gasteiger partial charge >= 0.3 is 5.97 Å². The molecule has 1 N–H and O–H groups in total. The third kappa shape index (κ3) is 1.59. The van der Waals surface area contributed by atoms with E-state index < -0.39 is 11.8 Å². The predicted octanol–water partition coefficient (Wildman–Crippen LogP) is 1.71. The third-order valence-electron chi connectivity index (χ3n) is 1.98. The zero-order chi connectivity index (χ0) is 10.8. The van der Waals surface area contributed by atoms with E-state index >= 15 is 0 Å². The number of aromatic carboxylic acids is 1. The molecule has 1 heterocycles. The number of nitrogens with zero attached hydrogens (tertiary/aromatic N) is 2. The maximum absolute atomic E-state index is 13.5. The normalized spacial score (nSPS) is 10.2. The van der Waals surface area contributed by atoms with Gasteiger partial charge < -0.3 is 9.67 Å². The fourth-order valence-corrected chi connectivity index (χ4v) is 1.34. The molecule has 0 spiro atoms. The second kappa shape index (κ2) is 3.53. The van der Waals surface area contributed by atoms with Gasteiger partial charge in [0.05, 0.1) is 17.6 Å². The van der Waals surface area contributed by atoms with Crippen LogP contribution in [0.2, 0.25) is 0 Å². The van der Waals surface area contributed by atoms with Crippen molar-refractivity contribution < 1.29 is 14.3 Å². The van der Waals surface area contributed by atoms with Gasteiger partial charge in [-0.25, -0.2) is 14.2 Å². The van der Waals surface area contributed by atoms with Crippen LogP contribution in [-0.2, 0) is 0 Å². The highest BCUT2D eigenvalue weighted by atomic mass is 19.1. The van der Waals surface area contributed by atoms with Crippen LogP contribution in [0.1, 0.15) is 10.4 Å². The molecule has 76 valence electrons. The summed E-state index contributed by atoms with van der Waals surface area (Å²) in [4.78, 5) is 14.6. The molecule has 0 unspecified atom stereocenters. The average Bonchev–Trinajstić information content (AvgIpc) is 2.70. The van der Waals surface area contributed by atoms with Crippen LogP contribution in [0.3, 0.4) is 0 Å². The van der Waals surface area contributed by atoms with E-state index in [2.05, 4.69) is 4.98 Å². The standard InChI is InChI=1S/C10H7FN2O2/c11-8-3-1-2-7(10(14)15)9(8)13-5-4-12-6-13/h1-6H,(H,14,15). The molecule has 5 heteroatoms. The van der Waals surface area contributed by atoms with Crippen LogP contribution in [0, 0.1) is 5.82 Å². The topological polar surface area (TPSA) is 55.1 Å². The molecule has 0 fully saturated rings. The Morgan fingerprint density at radius 2 is 2.27 bits per heavy atom. The molecule has 0 aliphatic rings. The summed E-state index contributed by atoms with van der Waals surface area (Å²) in [6.07, 6.45) is 4.30. The van der Waals surface area contributed by atoms with Crippen LogP contribution in [0.25, 0.3) is 5.69 Å². The largest absolute Gasteiger partial charge is 0.478 e. The van der Waals surface area contributed by atoms with Gasteiger partial charge in [-0.1, -0.05) is 6.07 Å². The molecule has 0 aliphatic heterocycles. The monoisotopic (exact) mass is 206 g/mol. The van der Waals surface area contributed by atoms with Crippen molar-refractivity contribution in [3.8, 4) is 5.69 Å². The fourth-order valence-electron chi connectivity index (χ4n) is 1.34. The Bertz CT molecular complexity index is 494. The van der Waals surface area contributed by atoms with E-state index in [0.717, 1.165) is 0 Å². The number of carboxylic acid groups (broad SMARTS) is 1. The molecule has 2 rings (SSSR count). The molecule has 4 nitrogen and oxygen atoms in total. The minimum absolute atomic E-state index is 0.00231. The van der Waals surface area contributed by atoms with Gasteiger partial charge in [0.15, 0.2) is 0 Å². The van der Waals surface area contributed by atoms with Crippen LogP contribution < -0.4 is 0 Å². The van der Waals surface area contributed by atoms with Crippen molar-refractivity contribution in [1.29, 1.82) is 0 Å². The number of hydrogen-bond donors (Lipinski definition) is 1. The lowest BCUT2D eigenvalue weighted by Crippen LogP contribution is -2.06. The van der Waals surface area contributed by atoms with Gasteiger partial charge in [0.1, 0.15) is 5.82 Å². The van der Waals surface area contributed by atoms with E-state index in [1.54, 1.807) is 0 Å². The van der Waals surface area contributed by atoms with Crippen molar-refractivity contribution in [2.24, 2.45) is 0 Å². The maximum atomic E-state index is 13.5. The second-order valence-electron chi connectivity index (χ2n) is 2.91. The molecule has 1 aromatic heterocycles. The number of halogens is 1. The van der Waals surface area contributed by atoms with Crippen molar-refractivity contribution in [2.45, 2.75) is 0 Å². The van der Waals surface area contributed by atoms with Gasteiger partial charge in [-0.3, -0.25) is 0 Å². The predicted molar refractivity (Wildman–Crippen MR) is 50.5 cm³/mol. The number of aromatic nitrogens is 2. The Balaban J connectivity index is 2.68. The van der Waals surface area contributed by atoms with Gasteiger partial charge in [0.25, 0.3) is 0 Å². The zero-order valence-electron chi connectivity index (χ0n) is 7.59. The number of benzene rings is 1. The number of para-hydroxylation sites is 1. The van der Waals surface area contributed by atoms with E-state index in [4.69, 9.17) is 5.11 Å². The maximum Gasteiger partial charge on any atom is 0.337 e. The van der Waals surface area contributed by atoms with Crippen LogP contribution in [-0.4, -0.2) is 20.6 Å². The van der Waals surface area contributed by atoms with E-state index in [-0.39, 0.29) is 11.3 Å². The summed E-state index contributed by atoms with van der Waals surface area (Å²) in [5.41, 5.74) is -0.0875. The van der Waals surface area contributed by atoms with Crippen molar-refractivity contribution in [1.82, 2.24) is 9.55 Å². The summed E-state index contributed by atoms with van der Waals surface area (Å²) in [6.45, 7) is 0. The summed E-state index contributed by atoms with van der Waals surface area (Å²) < 4.78 is 14.8. The second-order valence-corrected chi connectivity index (χ2v) is 2.91. The third-order valence-corrected chi connectivity index (χ3v) is 1.98. The zero-order valence-corrected chi connectivity index (χ0v) is 7.59. The first kappa shape index (κ1) is 9.39. The Labute approximate surface area is 84.6 Å². The molecule has 0 atom stereocenters. The summed E-state index contributed by atoms with van der Waals surface area (Å²) >= 11 is 0. The van der Waals surface area contributed by atoms with E-state index in [1.165, 1.54) is 41.5 Å². The molecule has 0 saturated carbocycles. The van der Waals surface area contributed by atoms with Crippen molar-refractivity contribution >= 4 is 5.97 Å². The minimum atomic E-state index is -1.17. The van der Waals surface area contributed by atoms with Crippen LogP contribution in [0.15, 0.2) is 36.9 Å². The highest BCUT2D eigenvalue weighted by Gasteiger charge is 2.15. The Hall–Kier alpha value is -2.17. The molecule has 2 aromatic rings. The Kier molecular flexibility index (Phi) is 2.21. The van der Waals surface area contributed by atoms with E-state index in [0.29, 0.717) is 0 Å². The Morgan fingerprint density at radius 3 is 2.87 bits per heavy atom. The first-order valence-corrected chi connectivity index (χ1v) is 4.20. The first-order valence-electron chi connectivity index (χ1n) is 4.20. The molecule has 1 aromatic carbocycles. The quantitative estimate of drug-likeness (QED) is 0.813. The van der Waals surface area contributed by atoms with Crippen molar-refractivity contribution in [3.05, 3.63) is 48.3 Å². The van der Waals surface area contributed by atoms with Crippen LogP contribution in [0.5, 0.6) is 0 Å². The summed E-state index contributed by atoms with van der Waals surface area (Å²) in [6, 6.07) is 3.92. The minimum Gasteiger partial charge on any atom is -0.478 e. The molecule has 0 radical (unpaired) electrons. The van der Waals surface area contributed by atoms with E-state index in [1.807, 2.05) is 0 Å². The number of carbonyl (C=O) groups is 1.